The molecule has 0 bridgehead atoms. The van der Waals surface area contributed by atoms with Crippen LogP contribution in [0.3, 0.4) is 0 Å². The molecule has 6 rings (SSSR count). The minimum atomic E-state index is -0.141. The summed E-state index contributed by atoms with van der Waals surface area (Å²) in [6.45, 7) is 14.6. The molecule has 240 valence electrons. The van der Waals surface area contributed by atoms with Gasteiger partial charge >= 0.3 is 11.9 Å². The lowest BCUT2D eigenvalue weighted by Gasteiger charge is -2.62. The molecule has 4 aliphatic carbocycles. The van der Waals surface area contributed by atoms with Crippen molar-refractivity contribution in [3.05, 3.63) is 0 Å². The van der Waals surface area contributed by atoms with E-state index < -0.39 is 0 Å². The fourth-order valence-corrected chi connectivity index (χ4v) is 11.4. The highest BCUT2D eigenvalue weighted by molar-refractivity contribution is 5.69. The van der Waals surface area contributed by atoms with Crippen molar-refractivity contribution in [3.8, 4) is 0 Å². The smallest absolute Gasteiger partial charge is 0.306 e. The summed E-state index contributed by atoms with van der Waals surface area (Å²) in [5.41, 5.74) is 0.323. The summed E-state index contributed by atoms with van der Waals surface area (Å²) in [6.07, 6.45) is 12.2. The molecule has 42 heavy (non-hydrogen) atoms. The van der Waals surface area contributed by atoms with Crippen LogP contribution in [0, 0.1) is 34.5 Å². The van der Waals surface area contributed by atoms with Gasteiger partial charge in [0, 0.05) is 57.2 Å². The van der Waals surface area contributed by atoms with Crippen LogP contribution in [-0.2, 0) is 23.8 Å². The molecule has 8 heteroatoms. The van der Waals surface area contributed by atoms with E-state index in [1.807, 2.05) is 0 Å². The van der Waals surface area contributed by atoms with Gasteiger partial charge in [0.15, 0.2) is 6.10 Å². The highest BCUT2D eigenvalue weighted by Crippen LogP contribution is 2.67. The van der Waals surface area contributed by atoms with Crippen LogP contribution in [0.1, 0.15) is 98.3 Å². The first-order chi connectivity index (χ1) is 19.6. The number of likely N-dealkylation sites (N-methyl/N-ethyl adjacent to an activating group) is 1. The second kappa shape index (κ2) is 12.6. The Morgan fingerprint density at radius 2 is 1.69 bits per heavy atom. The fourth-order valence-electron chi connectivity index (χ4n) is 11.4. The molecular weight excluding hydrogens is 596 g/mol. The number of nitrogens with zero attached hydrogens (tertiary/aromatic N) is 2. The second-order valence-electron chi connectivity index (χ2n) is 15.6. The van der Waals surface area contributed by atoms with Crippen molar-refractivity contribution in [1.82, 2.24) is 4.90 Å². The molecule has 0 N–H and O–H groups in total. The molecule has 4 saturated carbocycles. The van der Waals surface area contributed by atoms with Crippen molar-refractivity contribution >= 4 is 11.9 Å². The Labute approximate surface area is 265 Å². The maximum absolute atomic E-state index is 13.0. The molecule has 0 amide bonds. The lowest BCUT2D eigenvalue weighted by Crippen LogP contribution is -3.00. The molecule has 2 heterocycles. The molecule has 0 aromatic carbocycles. The van der Waals surface area contributed by atoms with Crippen LogP contribution >= 0.6 is 0 Å². The Bertz CT molecular complexity index is 983. The van der Waals surface area contributed by atoms with Gasteiger partial charge in [0.05, 0.1) is 33.4 Å². The van der Waals surface area contributed by atoms with Gasteiger partial charge in [-0.15, -0.1) is 0 Å². The van der Waals surface area contributed by atoms with Gasteiger partial charge in [-0.2, -0.15) is 0 Å². The predicted octanol–water partition coefficient (Wildman–Crippen LogP) is 2.21. The van der Waals surface area contributed by atoms with E-state index in [2.05, 4.69) is 32.7 Å². The zero-order valence-corrected chi connectivity index (χ0v) is 28.5. The van der Waals surface area contributed by atoms with Crippen LogP contribution in [0.5, 0.6) is 0 Å². The molecule has 0 aromatic heterocycles. The molecule has 2 saturated heterocycles. The third-order valence-corrected chi connectivity index (χ3v) is 13.5. The molecule has 0 aromatic rings. The summed E-state index contributed by atoms with van der Waals surface area (Å²) in [6, 6.07) is 0.711. The summed E-state index contributed by atoms with van der Waals surface area (Å²) in [5, 5.41) is 0. The zero-order chi connectivity index (χ0) is 29.0. The zero-order valence-electron chi connectivity index (χ0n) is 27.0. The SMILES string of the molecule is CCCC(=O)OC1C([N+]2(C)CCCC2)C[C@H]2[C@@H]3CCC4CC(OC(C)=O)C(N5CCOCC5)C[C@]4(C)[C@@H]3CC[C@]12C.[Br-]. The summed E-state index contributed by atoms with van der Waals surface area (Å²) in [5.74, 6) is 2.48. The van der Waals surface area contributed by atoms with Crippen LogP contribution in [-0.4, -0.2) is 92.1 Å². The largest absolute Gasteiger partial charge is 1.00 e. The van der Waals surface area contributed by atoms with Crippen molar-refractivity contribution in [2.75, 3.05) is 46.4 Å². The number of hydrogen-bond donors (Lipinski definition) is 0. The number of likely N-dealkylation sites (tertiary alicyclic amines) is 1. The minimum absolute atomic E-state index is 0. The molecule has 0 radical (unpaired) electrons. The van der Waals surface area contributed by atoms with Crippen molar-refractivity contribution in [2.24, 2.45) is 34.5 Å². The average molecular weight is 654 g/mol. The lowest BCUT2D eigenvalue weighted by atomic mass is 9.44. The fraction of sp³-hybridized carbons (Fsp3) is 0.941. The van der Waals surface area contributed by atoms with Crippen LogP contribution in [0.4, 0.5) is 0 Å². The van der Waals surface area contributed by atoms with Crippen LogP contribution < -0.4 is 17.0 Å². The number of hydrogen-bond acceptors (Lipinski definition) is 6. The summed E-state index contributed by atoms with van der Waals surface area (Å²) in [4.78, 5) is 27.8. The van der Waals surface area contributed by atoms with Gasteiger partial charge in [-0.05, 0) is 74.0 Å². The first kappa shape index (κ1) is 32.7. The topological polar surface area (TPSA) is 65.1 Å². The molecule has 2 aliphatic heterocycles. The number of halogens is 1. The Morgan fingerprint density at radius 1 is 0.976 bits per heavy atom. The Morgan fingerprint density at radius 3 is 2.36 bits per heavy atom. The normalized spacial score (nSPS) is 44.7. The first-order valence-corrected chi connectivity index (χ1v) is 17.1. The van der Waals surface area contributed by atoms with Crippen molar-refractivity contribution in [2.45, 2.75) is 123 Å². The van der Waals surface area contributed by atoms with Gasteiger partial charge in [-0.3, -0.25) is 14.5 Å². The number of fused-ring (bicyclic) bond motifs is 5. The number of quaternary nitrogens is 1. The summed E-state index contributed by atoms with van der Waals surface area (Å²) < 4.78 is 19.4. The lowest BCUT2D eigenvalue weighted by molar-refractivity contribution is -0.924. The van der Waals surface area contributed by atoms with Crippen molar-refractivity contribution in [3.63, 3.8) is 0 Å². The van der Waals surface area contributed by atoms with Crippen LogP contribution in [0.2, 0.25) is 0 Å². The second-order valence-corrected chi connectivity index (χ2v) is 15.6. The van der Waals surface area contributed by atoms with Gasteiger partial charge in [0.2, 0.25) is 0 Å². The van der Waals surface area contributed by atoms with E-state index in [0.29, 0.717) is 36.1 Å². The van der Waals surface area contributed by atoms with E-state index in [1.54, 1.807) is 6.92 Å². The molecule has 10 atom stereocenters. The number of morpholine rings is 1. The minimum Gasteiger partial charge on any atom is -1.00 e. The quantitative estimate of drug-likeness (QED) is 0.324. The number of rotatable bonds is 6. The van der Waals surface area contributed by atoms with Gasteiger partial charge < -0.3 is 35.7 Å². The van der Waals surface area contributed by atoms with Crippen LogP contribution in [0.25, 0.3) is 0 Å². The van der Waals surface area contributed by atoms with Gasteiger partial charge in [0.25, 0.3) is 0 Å². The molecule has 7 nitrogen and oxygen atoms in total. The average Bonchev–Trinajstić information content (AvgIpc) is 3.51. The molecule has 6 fully saturated rings. The molecule has 5 unspecified atom stereocenters. The number of carbonyl (C=O) groups excluding carboxylic acids is 2. The maximum atomic E-state index is 13.0. The third-order valence-electron chi connectivity index (χ3n) is 13.5. The van der Waals surface area contributed by atoms with Crippen LogP contribution in [0.15, 0.2) is 0 Å². The Balaban J connectivity index is 0.00000353. The van der Waals surface area contributed by atoms with Crippen molar-refractivity contribution < 1.29 is 45.3 Å². The van der Waals surface area contributed by atoms with E-state index in [-0.39, 0.29) is 58.0 Å². The van der Waals surface area contributed by atoms with Crippen molar-refractivity contribution in [1.29, 1.82) is 0 Å². The number of esters is 2. The van der Waals surface area contributed by atoms with Gasteiger partial charge in [-0.25, -0.2) is 0 Å². The highest BCUT2D eigenvalue weighted by Gasteiger charge is 2.67. The molecule has 6 aliphatic rings. The van der Waals surface area contributed by atoms with E-state index in [1.165, 1.54) is 51.6 Å². The van der Waals surface area contributed by atoms with Gasteiger partial charge in [0.1, 0.15) is 12.1 Å². The van der Waals surface area contributed by atoms with E-state index >= 15 is 0 Å². The summed E-state index contributed by atoms with van der Waals surface area (Å²) >= 11 is 0. The monoisotopic (exact) mass is 652 g/mol. The summed E-state index contributed by atoms with van der Waals surface area (Å²) in [7, 11) is 2.46. The Kier molecular flexibility index (Phi) is 9.80. The van der Waals surface area contributed by atoms with E-state index in [4.69, 9.17) is 14.2 Å². The first-order valence-electron chi connectivity index (χ1n) is 17.1. The third kappa shape index (κ3) is 5.62. The Hall–Kier alpha value is -0.700. The number of carbonyl (C=O) groups is 2. The van der Waals surface area contributed by atoms with E-state index in [0.717, 1.165) is 56.5 Å². The molecule has 0 spiro atoms. The maximum Gasteiger partial charge on any atom is 0.306 e. The number of ether oxygens (including phenoxy) is 3. The van der Waals surface area contributed by atoms with E-state index in [9.17, 15) is 9.59 Å². The predicted molar refractivity (Wildman–Crippen MR) is 158 cm³/mol. The standard InChI is InChI=1S/C34H57N2O5.BrH/c1-6-9-31(38)41-32-29(36(5)16-7-8-17-36)21-27-25-11-10-24-20-30(40-23(2)37)28(35-14-18-39-19-15-35)22-34(24,4)26(25)12-13-33(27,32)3;/h24-30,32H,6-22H2,1-5H3;1H/q+1;/p-1/t24?,25-,26-,27+,28?,29?,30?,32?,33+,34+;/m1./s1. The molecular formula is C34H57BrN2O5. The van der Waals surface area contributed by atoms with Gasteiger partial charge in [-0.1, -0.05) is 20.8 Å². The highest BCUT2D eigenvalue weighted by atomic mass is 79.9.